The predicted molar refractivity (Wildman–Crippen MR) is 109 cm³/mol. The van der Waals surface area contributed by atoms with Gasteiger partial charge in [0.2, 0.25) is 5.91 Å². The van der Waals surface area contributed by atoms with Gasteiger partial charge in [-0.1, -0.05) is 24.3 Å². The summed E-state index contributed by atoms with van der Waals surface area (Å²) in [5.74, 6) is 0.493. The lowest BCUT2D eigenvalue weighted by Crippen LogP contribution is -2.42. The predicted octanol–water partition coefficient (Wildman–Crippen LogP) is 3.15. The summed E-state index contributed by atoms with van der Waals surface area (Å²) in [6, 6.07) is 15.6. The van der Waals surface area contributed by atoms with E-state index in [0.717, 1.165) is 42.7 Å². The topological polar surface area (TPSA) is 66.6 Å². The van der Waals surface area contributed by atoms with E-state index in [9.17, 15) is 9.59 Å². The van der Waals surface area contributed by atoms with Crippen LogP contribution >= 0.6 is 0 Å². The van der Waals surface area contributed by atoms with Gasteiger partial charge in [0.15, 0.2) is 0 Å². The second-order valence-electron chi connectivity index (χ2n) is 7.20. The third kappa shape index (κ3) is 4.37. The Hall–Kier alpha value is -2.66. The largest absolute Gasteiger partial charge is 0.338 e. The maximum Gasteiger partial charge on any atom is 0.253 e. The lowest BCUT2D eigenvalue weighted by atomic mass is 9.97. The van der Waals surface area contributed by atoms with E-state index < -0.39 is 0 Å². The molecule has 5 nitrogen and oxygen atoms in total. The number of likely N-dealkylation sites (tertiary alicyclic amines) is 1. The minimum absolute atomic E-state index is 0.000188. The van der Waals surface area contributed by atoms with E-state index >= 15 is 0 Å². The Kier molecular flexibility index (Phi) is 5.91. The van der Waals surface area contributed by atoms with Gasteiger partial charge in [-0.3, -0.25) is 9.59 Å². The Morgan fingerprint density at radius 3 is 2.22 bits per heavy atom. The van der Waals surface area contributed by atoms with Crippen molar-refractivity contribution in [1.82, 2.24) is 4.90 Å². The van der Waals surface area contributed by atoms with Gasteiger partial charge in [0.1, 0.15) is 0 Å². The maximum atomic E-state index is 12.7. The number of nitrogens with two attached hydrogens (primary N) is 1. The fourth-order valence-corrected chi connectivity index (χ4v) is 3.49. The van der Waals surface area contributed by atoms with Crippen LogP contribution in [-0.2, 0) is 4.79 Å². The fraction of sp³-hybridized carbons (Fsp3) is 0.364. The van der Waals surface area contributed by atoms with Gasteiger partial charge in [0.05, 0.1) is 0 Å². The van der Waals surface area contributed by atoms with E-state index in [4.69, 9.17) is 5.73 Å². The van der Waals surface area contributed by atoms with Crippen LogP contribution in [0.1, 0.15) is 30.1 Å². The van der Waals surface area contributed by atoms with Crippen LogP contribution in [0.3, 0.4) is 0 Å². The quantitative estimate of drug-likeness (QED) is 0.905. The highest BCUT2D eigenvalue weighted by molar-refractivity contribution is 5.95. The lowest BCUT2D eigenvalue weighted by molar-refractivity contribution is -0.116. The highest BCUT2D eigenvalue weighted by Gasteiger charge is 2.23. The summed E-state index contributed by atoms with van der Waals surface area (Å²) in [5.41, 5.74) is 9.44. The Morgan fingerprint density at radius 1 is 1.07 bits per heavy atom. The molecule has 1 aliphatic heterocycles. The van der Waals surface area contributed by atoms with Crippen molar-refractivity contribution in [2.45, 2.75) is 19.8 Å². The molecule has 1 aliphatic rings. The SMILES string of the molecule is CC(=O)N(C)c1ccc(-c2ccc(C(=O)N3CCC[C@@H](CN)C3)cc2)cc1. The van der Waals surface area contributed by atoms with E-state index in [1.807, 2.05) is 53.4 Å². The molecule has 1 fully saturated rings. The molecule has 0 bridgehead atoms. The third-order valence-corrected chi connectivity index (χ3v) is 5.33. The molecule has 0 radical (unpaired) electrons. The molecule has 0 aliphatic carbocycles. The Bertz CT molecular complexity index is 799. The van der Waals surface area contributed by atoms with E-state index in [0.29, 0.717) is 18.0 Å². The molecule has 0 spiro atoms. The van der Waals surface area contributed by atoms with Crippen LogP contribution in [0.2, 0.25) is 0 Å². The molecular formula is C22H27N3O2. The van der Waals surface area contributed by atoms with Crippen LogP contribution in [0.4, 0.5) is 5.69 Å². The molecule has 0 aromatic heterocycles. The van der Waals surface area contributed by atoms with Gasteiger partial charge < -0.3 is 15.5 Å². The Labute approximate surface area is 160 Å². The molecule has 2 amide bonds. The fourth-order valence-electron chi connectivity index (χ4n) is 3.49. The molecule has 5 heteroatoms. The second kappa shape index (κ2) is 8.35. The smallest absolute Gasteiger partial charge is 0.253 e. The van der Waals surface area contributed by atoms with Crippen molar-refractivity contribution in [3.63, 3.8) is 0 Å². The summed E-state index contributed by atoms with van der Waals surface area (Å²) in [7, 11) is 1.76. The van der Waals surface area contributed by atoms with E-state index in [1.54, 1.807) is 18.9 Å². The van der Waals surface area contributed by atoms with Crippen LogP contribution in [-0.4, -0.2) is 43.4 Å². The van der Waals surface area contributed by atoms with Crippen molar-refractivity contribution in [1.29, 1.82) is 0 Å². The highest BCUT2D eigenvalue weighted by atomic mass is 16.2. The Balaban J connectivity index is 1.71. The third-order valence-electron chi connectivity index (χ3n) is 5.33. The van der Waals surface area contributed by atoms with Crippen molar-refractivity contribution < 1.29 is 9.59 Å². The molecule has 3 rings (SSSR count). The number of amides is 2. The van der Waals surface area contributed by atoms with Crippen LogP contribution in [0.25, 0.3) is 11.1 Å². The van der Waals surface area contributed by atoms with Gasteiger partial charge >= 0.3 is 0 Å². The minimum atomic E-state index is 0.000188. The van der Waals surface area contributed by atoms with E-state index in [2.05, 4.69) is 0 Å². The number of hydrogen-bond donors (Lipinski definition) is 1. The van der Waals surface area contributed by atoms with Crippen molar-refractivity contribution in [2.24, 2.45) is 11.7 Å². The number of nitrogens with zero attached hydrogens (tertiary/aromatic N) is 2. The van der Waals surface area contributed by atoms with Crippen LogP contribution in [0.5, 0.6) is 0 Å². The highest BCUT2D eigenvalue weighted by Crippen LogP contribution is 2.24. The molecule has 1 atom stereocenters. The molecule has 2 aromatic rings. The minimum Gasteiger partial charge on any atom is -0.338 e. The molecule has 0 saturated carbocycles. The van der Waals surface area contributed by atoms with Crippen LogP contribution in [0, 0.1) is 5.92 Å². The monoisotopic (exact) mass is 365 g/mol. The molecular weight excluding hydrogens is 338 g/mol. The van der Waals surface area contributed by atoms with Crippen molar-refractivity contribution >= 4 is 17.5 Å². The van der Waals surface area contributed by atoms with Gasteiger partial charge in [-0.15, -0.1) is 0 Å². The van der Waals surface area contributed by atoms with Crippen LogP contribution in [0.15, 0.2) is 48.5 Å². The molecule has 1 saturated heterocycles. The van der Waals surface area contributed by atoms with Crippen molar-refractivity contribution in [3.8, 4) is 11.1 Å². The van der Waals surface area contributed by atoms with Crippen LogP contribution < -0.4 is 10.6 Å². The van der Waals surface area contributed by atoms with Gasteiger partial charge in [-0.2, -0.15) is 0 Å². The molecule has 27 heavy (non-hydrogen) atoms. The summed E-state index contributed by atoms with van der Waals surface area (Å²) >= 11 is 0. The number of carbonyl (C=O) groups excluding carboxylic acids is 2. The van der Waals surface area contributed by atoms with Gasteiger partial charge in [0, 0.05) is 38.3 Å². The zero-order valence-corrected chi connectivity index (χ0v) is 16.0. The summed E-state index contributed by atoms with van der Waals surface area (Å²) in [6.45, 7) is 3.74. The van der Waals surface area contributed by atoms with E-state index in [1.165, 1.54) is 0 Å². The maximum absolute atomic E-state index is 12.7. The number of carbonyl (C=O) groups is 2. The average molecular weight is 365 g/mol. The zero-order chi connectivity index (χ0) is 19.4. The standard InChI is InChI=1S/C22H27N3O2/c1-16(26)24(2)21-11-9-19(10-12-21)18-5-7-20(8-6-18)22(27)25-13-3-4-17(14-23)15-25/h5-12,17H,3-4,13-15,23H2,1-2H3/t17-/m0/s1. The van der Waals surface area contributed by atoms with Crippen molar-refractivity contribution in [2.75, 3.05) is 31.6 Å². The summed E-state index contributed by atoms with van der Waals surface area (Å²) in [5, 5.41) is 0. The molecule has 142 valence electrons. The van der Waals surface area contributed by atoms with Gasteiger partial charge in [-0.05, 0) is 60.7 Å². The Morgan fingerprint density at radius 2 is 1.67 bits per heavy atom. The molecule has 2 N–H and O–H groups in total. The average Bonchev–Trinajstić information content (AvgIpc) is 2.73. The number of rotatable bonds is 4. The number of benzene rings is 2. The first kappa shape index (κ1) is 19.1. The normalized spacial score (nSPS) is 16.9. The zero-order valence-electron chi connectivity index (χ0n) is 16.0. The van der Waals surface area contributed by atoms with Crippen molar-refractivity contribution in [3.05, 3.63) is 54.1 Å². The molecule has 1 heterocycles. The number of anilines is 1. The first-order chi connectivity index (χ1) is 13.0. The first-order valence-electron chi connectivity index (χ1n) is 9.43. The molecule has 0 unspecified atom stereocenters. The van der Waals surface area contributed by atoms with Gasteiger partial charge in [0.25, 0.3) is 5.91 Å². The second-order valence-corrected chi connectivity index (χ2v) is 7.20. The summed E-state index contributed by atoms with van der Waals surface area (Å²) in [6.07, 6.45) is 2.13. The molecule has 2 aromatic carbocycles. The summed E-state index contributed by atoms with van der Waals surface area (Å²) < 4.78 is 0. The van der Waals surface area contributed by atoms with E-state index in [-0.39, 0.29) is 11.8 Å². The summed E-state index contributed by atoms with van der Waals surface area (Å²) in [4.78, 5) is 27.7. The lowest BCUT2D eigenvalue weighted by Gasteiger charge is -2.32. The van der Waals surface area contributed by atoms with Gasteiger partial charge in [-0.25, -0.2) is 0 Å². The first-order valence-corrected chi connectivity index (χ1v) is 9.43. The number of piperidine rings is 1. The number of hydrogen-bond acceptors (Lipinski definition) is 3.